The smallest absolute Gasteiger partial charge is 0.213 e. The van der Waals surface area contributed by atoms with Gasteiger partial charge in [-0.2, -0.15) is 0 Å². The molecule has 6 heteroatoms. The summed E-state index contributed by atoms with van der Waals surface area (Å²) in [6.07, 6.45) is -0.407. The second kappa shape index (κ2) is 8.33. The molecule has 1 aromatic rings. The molecule has 0 amide bonds. The monoisotopic (exact) mass is 366 g/mol. The molecule has 0 radical (unpaired) electrons. The summed E-state index contributed by atoms with van der Waals surface area (Å²) in [5.74, 6) is 0. The SMILES string of the molecule is CCCCO[C@@H]1O[C@@H]2CO[C@@H](c3ccccc3)O[C@@H]2[C@H](O)[C@@H]1[N+](C)(C)C. The quantitative estimate of drug-likeness (QED) is 0.617. The van der Waals surface area contributed by atoms with E-state index in [0.29, 0.717) is 17.7 Å². The van der Waals surface area contributed by atoms with E-state index in [9.17, 15) is 5.11 Å². The average Bonchev–Trinajstić information content (AvgIpc) is 2.61. The maximum atomic E-state index is 11.1. The highest BCUT2D eigenvalue weighted by atomic mass is 16.7. The van der Waals surface area contributed by atoms with Crippen molar-refractivity contribution in [3.8, 4) is 0 Å². The van der Waals surface area contributed by atoms with Gasteiger partial charge in [0.15, 0.2) is 12.3 Å². The number of quaternary nitrogens is 1. The van der Waals surface area contributed by atoms with Crippen LogP contribution >= 0.6 is 0 Å². The normalized spacial score (nSPS) is 35.1. The number of unbranched alkanes of at least 4 members (excludes halogenated alkanes) is 1. The fourth-order valence-electron chi connectivity index (χ4n) is 3.66. The molecule has 26 heavy (non-hydrogen) atoms. The number of aliphatic hydroxyl groups is 1. The summed E-state index contributed by atoms with van der Waals surface area (Å²) in [5.41, 5.74) is 0.946. The molecule has 1 N–H and O–H groups in total. The number of ether oxygens (including phenoxy) is 4. The third-order valence-corrected chi connectivity index (χ3v) is 5.08. The Bertz CT molecular complexity index is 561. The Balaban J connectivity index is 1.75. The zero-order valence-electron chi connectivity index (χ0n) is 16.2. The minimum atomic E-state index is -0.699. The van der Waals surface area contributed by atoms with Crippen molar-refractivity contribution in [3.63, 3.8) is 0 Å². The van der Waals surface area contributed by atoms with Gasteiger partial charge in [0, 0.05) is 12.2 Å². The molecule has 0 saturated carbocycles. The van der Waals surface area contributed by atoms with E-state index in [1.165, 1.54) is 0 Å². The number of fused-ring (bicyclic) bond motifs is 1. The van der Waals surface area contributed by atoms with Gasteiger partial charge in [0.25, 0.3) is 0 Å². The van der Waals surface area contributed by atoms with Crippen molar-refractivity contribution < 1.29 is 28.5 Å². The number of aliphatic hydroxyl groups excluding tert-OH is 1. The minimum Gasteiger partial charge on any atom is -0.384 e. The van der Waals surface area contributed by atoms with Crippen LogP contribution in [-0.4, -0.2) is 74.6 Å². The molecule has 146 valence electrons. The average molecular weight is 366 g/mol. The molecule has 2 fully saturated rings. The van der Waals surface area contributed by atoms with Crippen molar-refractivity contribution in [1.29, 1.82) is 0 Å². The third kappa shape index (κ3) is 4.27. The molecule has 0 unspecified atom stereocenters. The van der Waals surface area contributed by atoms with Gasteiger partial charge in [-0.3, -0.25) is 0 Å². The van der Waals surface area contributed by atoms with Gasteiger partial charge in [0.1, 0.15) is 18.3 Å². The lowest BCUT2D eigenvalue weighted by Crippen LogP contribution is -2.69. The summed E-state index contributed by atoms with van der Waals surface area (Å²) >= 11 is 0. The molecule has 2 heterocycles. The maximum Gasteiger partial charge on any atom is 0.213 e. The largest absolute Gasteiger partial charge is 0.384 e. The Morgan fingerprint density at radius 3 is 2.54 bits per heavy atom. The van der Waals surface area contributed by atoms with E-state index in [0.717, 1.165) is 18.4 Å². The Morgan fingerprint density at radius 1 is 1.15 bits per heavy atom. The van der Waals surface area contributed by atoms with Gasteiger partial charge in [-0.1, -0.05) is 43.7 Å². The zero-order chi connectivity index (χ0) is 18.7. The lowest BCUT2D eigenvalue weighted by molar-refractivity contribution is -0.910. The first-order chi connectivity index (χ1) is 12.4. The molecular formula is C20H32NO5+. The summed E-state index contributed by atoms with van der Waals surface area (Å²) in [6, 6.07) is 9.56. The van der Waals surface area contributed by atoms with Gasteiger partial charge >= 0.3 is 0 Å². The van der Waals surface area contributed by atoms with Crippen molar-refractivity contribution in [3.05, 3.63) is 35.9 Å². The van der Waals surface area contributed by atoms with Gasteiger partial charge in [0.2, 0.25) is 6.29 Å². The predicted octanol–water partition coefficient (Wildman–Crippen LogP) is 2.08. The number of nitrogens with zero attached hydrogens (tertiary/aromatic N) is 1. The molecule has 1 aromatic carbocycles. The van der Waals surface area contributed by atoms with Crippen molar-refractivity contribution in [1.82, 2.24) is 0 Å². The summed E-state index contributed by atoms with van der Waals surface area (Å²) < 4.78 is 24.7. The molecule has 0 aliphatic carbocycles. The van der Waals surface area contributed by atoms with E-state index in [2.05, 4.69) is 6.92 Å². The topological polar surface area (TPSA) is 57.2 Å². The fourth-order valence-corrected chi connectivity index (χ4v) is 3.66. The highest BCUT2D eigenvalue weighted by Gasteiger charge is 2.54. The summed E-state index contributed by atoms with van der Waals surface area (Å²) in [7, 11) is 6.13. The van der Waals surface area contributed by atoms with Crippen LogP contribution in [0.15, 0.2) is 30.3 Å². The zero-order valence-corrected chi connectivity index (χ0v) is 16.2. The Hall–Kier alpha value is -1.02. The van der Waals surface area contributed by atoms with E-state index in [4.69, 9.17) is 18.9 Å². The second-order valence-electron chi connectivity index (χ2n) is 8.04. The van der Waals surface area contributed by atoms with Gasteiger partial charge in [-0.05, 0) is 6.42 Å². The molecule has 6 atom stereocenters. The first kappa shape index (κ1) is 19.7. The lowest BCUT2D eigenvalue weighted by atomic mass is 9.94. The highest BCUT2D eigenvalue weighted by Crippen LogP contribution is 2.36. The molecule has 0 aromatic heterocycles. The number of rotatable bonds is 6. The predicted molar refractivity (Wildman–Crippen MR) is 97.4 cm³/mol. The van der Waals surface area contributed by atoms with Crippen molar-refractivity contribution in [2.75, 3.05) is 34.4 Å². The van der Waals surface area contributed by atoms with Crippen LogP contribution in [0.3, 0.4) is 0 Å². The van der Waals surface area contributed by atoms with Crippen LogP contribution in [0.2, 0.25) is 0 Å². The van der Waals surface area contributed by atoms with Crippen LogP contribution in [0.4, 0.5) is 0 Å². The number of benzene rings is 1. The van der Waals surface area contributed by atoms with Crippen LogP contribution in [0.1, 0.15) is 31.6 Å². The summed E-state index contributed by atoms with van der Waals surface area (Å²) in [5, 5.41) is 11.1. The van der Waals surface area contributed by atoms with E-state index in [-0.39, 0.29) is 12.1 Å². The Kier molecular flexibility index (Phi) is 6.33. The van der Waals surface area contributed by atoms with Crippen molar-refractivity contribution in [2.45, 2.75) is 56.7 Å². The fraction of sp³-hybridized carbons (Fsp3) is 0.700. The molecular weight excluding hydrogens is 334 g/mol. The maximum absolute atomic E-state index is 11.1. The standard InChI is InChI=1S/C20H32NO5/c1-5-6-12-23-20-16(21(2,3)4)17(22)18-15(25-20)13-24-19(26-18)14-10-8-7-9-11-14/h7-11,15-20,22H,5-6,12-13H2,1-4H3/q+1/t15-,16+,17-,18+,19-,20-/m1/s1. The molecule has 0 spiro atoms. The van der Waals surface area contributed by atoms with Crippen LogP contribution in [0, 0.1) is 0 Å². The number of hydrogen-bond acceptors (Lipinski definition) is 5. The highest BCUT2D eigenvalue weighted by molar-refractivity contribution is 5.16. The third-order valence-electron chi connectivity index (χ3n) is 5.08. The van der Waals surface area contributed by atoms with Crippen LogP contribution in [-0.2, 0) is 18.9 Å². The molecule has 2 aliphatic heterocycles. The second-order valence-corrected chi connectivity index (χ2v) is 8.04. The van der Waals surface area contributed by atoms with Gasteiger partial charge < -0.3 is 28.5 Å². The molecule has 6 nitrogen and oxygen atoms in total. The van der Waals surface area contributed by atoms with Gasteiger partial charge in [-0.15, -0.1) is 0 Å². The van der Waals surface area contributed by atoms with Crippen molar-refractivity contribution in [2.24, 2.45) is 0 Å². The number of likely N-dealkylation sites (N-methyl/N-ethyl adjacent to an activating group) is 1. The van der Waals surface area contributed by atoms with Crippen molar-refractivity contribution >= 4 is 0 Å². The van der Waals surface area contributed by atoms with Gasteiger partial charge in [-0.25, -0.2) is 0 Å². The van der Waals surface area contributed by atoms with Crippen LogP contribution in [0.25, 0.3) is 0 Å². The molecule has 3 rings (SSSR count). The van der Waals surface area contributed by atoms with Crippen LogP contribution in [0.5, 0.6) is 0 Å². The molecule has 0 bridgehead atoms. The van der Waals surface area contributed by atoms with E-state index in [1.54, 1.807) is 0 Å². The van der Waals surface area contributed by atoms with Gasteiger partial charge in [0.05, 0.1) is 27.7 Å². The first-order valence-electron chi connectivity index (χ1n) is 9.50. The minimum absolute atomic E-state index is 0.234. The van der Waals surface area contributed by atoms with E-state index >= 15 is 0 Å². The summed E-state index contributed by atoms with van der Waals surface area (Å²) in [6.45, 7) is 3.12. The number of hydrogen-bond donors (Lipinski definition) is 1. The van der Waals surface area contributed by atoms with E-state index < -0.39 is 24.8 Å². The molecule has 2 saturated heterocycles. The Labute approximate surface area is 156 Å². The Morgan fingerprint density at radius 2 is 1.88 bits per heavy atom. The lowest BCUT2D eigenvalue weighted by Gasteiger charge is -2.51. The summed E-state index contributed by atoms with van der Waals surface area (Å²) in [4.78, 5) is 0. The first-order valence-corrected chi connectivity index (χ1v) is 9.50. The van der Waals surface area contributed by atoms with E-state index in [1.807, 2.05) is 51.5 Å². The van der Waals surface area contributed by atoms with Crippen LogP contribution < -0.4 is 0 Å². The molecule has 2 aliphatic rings.